The zero-order chi connectivity index (χ0) is 47.0. The van der Waals surface area contributed by atoms with Gasteiger partial charge in [0.05, 0.1) is 9.40 Å². The van der Waals surface area contributed by atoms with Gasteiger partial charge in [-0.25, -0.2) is 0 Å². The Labute approximate surface area is 407 Å². The maximum Gasteiger partial charge on any atom is 0.194 e. The highest BCUT2D eigenvalue weighted by atomic mass is 32.1. The van der Waals surface area contributed by atoms with Crippen molar-refractivity contribution in [3.63, 3.8) is 0 Å². The molecule has 4 heterocycles. The quantitative estimate of drug-likeness (QED) is 0.128. The third-order valence-corrected chi connectivity index (χ3v) is 18.7. The van der Waals surface area contributed by atoms with E-state index in [9.17, 15) is 30.6 Å². The molecule has 10 heteroatoms. The molecule has 4 aromatic heterocycles. The predicted octanol–water partition coefficient (Wildman–Crippen LogP) is 15.2. The van der Waals surface area contributed by atoms with Crippen LogP contribution in [0.5, 0.6) is 0 Å². The molecular formula is C58H32N4O2S4. The van der Waals surface area contributed by atoms with Crippen LogP contribution in [0.1, 0.15) is 91.5 Å². The Morgan fingerprint density at radius 2 is 0.853 bits per heavy atom. The fourth-order valence-electron chi connectivity index (χ4n) is 10.7. The Bertz CT molecular complexity index is 3720. The number of carbonyl (C=O) groups is 2. The molecular weight excluding hydrogens is 913 g/mol. The van der Waals surface area contributed by atoms with Gasteiger partial charge in [0.1, 0.15) is 35.4 Å². The normalized spacial score (nSPS) is 16.5. The van der Waals surface area contributed by atoms with E-state index in [-0.39, 0.29) is 33.5 Å². The molecule has 0 atom stereocenters. The maximum absolute atomic E-state index is 13.6. The van der Waals surface area contributed by atoms with Gasteiger partial charge < -0.3 is 0 Å². The predicted molar refractivity (Wildman–Crippen MR) is 275 cm³/mol. The number of nitriles is 4. The van der Waals surface area contributed by atoms with E-state index in [4.69, 9.17) is 0 Å². The number of hydrogen-bond acceptors (Lipinski definition) is 10. The number of fused-ring (bicyclic) bond motifs is 11. The lowest BCUT2D eigenvalue weighted by Gasteiger charge is -2.23. The second kappa shape index (κ2) is 14.9. The number of carbonyl (C=O) groups excluding carboxylic acids is 2. The summed E-state index contributed by atoms with van der Waals surface area (Å²) in [4.78, 5) is 33.7. The smallest absolute Gasteiger partial charge is 0.194 e. The van der Waals surface area contributed by atoms with Gasteiger partial charge in [0, 0.05) is 73.5 Å². The topological polar surface area (TPSA) is 129 Å². The van der Waals surface area contributed by atoms with Crippen molar-refractivity contribution in [2.24, 2.45) is 0 Å². The zero-order valence-corrected chi connectivity index (χ0v) is 40.1. The summed E-state index contributed by atoms with van der Waals surface area (Å²) in [5.74, 6) is -0.365. The van der Waals surface area contributed by atoms with Gasteiger partial charge in [-0.1, -0.05) is 100 Å². The van der Waals surface area contributed by atoms with Gasteiger partial charge in [-0.15, -0.1) is 45.3 Å². The molecule has 0 saturated heterocycles. The van der Waals surface area contributed by atoms with Crippen LogP contribution in [0.2, 0.25) is 0 Å². The molecule has 0 unspecified atom stereocenters. The van der Waals surface area contributed by atoms with Crippen LogP contribution in [0.25, 0.3) is 74.5 Å². The molecule has 8 aromatic rings. The highest BCUT2D eigenvalue weighted by Gasteiger charge is 2.45. The van der Waals surface area contributed by atoms with Crippen molar-refractivity contribution < 1.29 is 9.59 Å². The van der Waals surface area contributed by atoms with Crippen molar-refractivity contribution in [1.82, 2.24) is 0 Å². The monoisotopic (exact) mass is 944 g/mol. The SMILES string of the molecule is CC1(C)c2cc(-c3ccc(/C=C4\C(=O)c5ccccc5C4=C(C#N)C#N)s3)ccc2-c2sc3c4c(sc3c21)-c1ccc(-c2ccc(/C=C3\C(=O)c5ccccc5C3=C(C#N)C#N)s2)cc1C4(C)C. The highest BCUT2D eigenvalue weighted by Crippen LogP contribution is 2.64. The Kier molecular flexibility index (Phi) is 9.09. The number of ketones is 2. The first-order valence-corrected chi connectivity index (χ1v) is 25.1. The summed E-state index contributed by atoms with van der Waals surface area (Å²) >= 11 is 6.99. The molecule has 6 nitrogen and oxygen atoms in total. The Morgan fingerprint density at radius 3 is 1.24 bits per heavy atom. The third-order valence-electron chi connectivity index (χ3n) is 13.9. The Hall–Kier alpha value is -7.80. The lowest BCUT2D eigenvalue weighted by atomic mass is 9.80. The standard InChI is InChI=1S/C58H32N4O2S4/c1-57(2)43-21-29(45-19-15-33(65-45)23-41-47(31(25-59)26-60)35-9-5-7-11-37(35)51(41)63)13-17-39(43)53-49(57)55-56(67-53)50-54(68-55)40-18-14-30(22-44(40)58(50,3)4)46-20-16-34(66-46)24-42-48(32(27-61)28-62)36-10-6-8-12-38(36)52(42)64/h5-24H,1-4H3/b41-23-,42-24-. The van der Waals surface area contributed by atoms with Crippen molar-refractivity contribution in [3.05, 3.63) is 186 Å². The molecule has 68 heavy (non-hydrogen) atoms. The summed E-state index contributed by atoms with van der Waals surface area (Å²) in [7, 11) is 0. The molecule has 4 aromatic carbocycles. The van der Waals surface area contributed by atoms with Crippen LogP contribution in [0, 0.1) is 45.3 Å². The minimum absolute atomic E-state index is 0.0685. The van der Waals surface area contributed by atoms with Crippen LogP contribution < -0.4 is 0 Å². The van der Waals surface area contributed by atoms with Crippen LogP contribution in [0.4, 0.5) is 0 Å². The van der Waals surface area contributed by atoms with Gasteiger partial charge >= 0.3 is 0 Å². The summed E-state index contributed by atoms with van der Waals surface area (Å²) in [6, 6.07) is 44.1. The maximum atomic E-state index is 13.6. The van der Waals surface area contributed by atoms with Gasteiger partial charge in [-0.2, -0.15) is 21.0 Å². The average molecular weight is 945 g/mol. The van der Waals surface area contributed by atoms with Crippen LogP contribution in [0.3, 0.4) is 0 Å². The van der Waals surface area contributed by atoms with Crippen molar-refractivity contribution >= 4 is 89.6 Å². The van der Waals surface area contributed by atoms with Gasteiger partial charge in [-0.05, 0) is 104 Å². The summed E-state index contributed by atoms with van der Waals surface area (Å²) in [5, 5.41) is 39.2. The summed E-state index contributed by atoms with van der Waals surface area (Å²) in [6.07, 6.45) is 3.64. The van der Waals surface area contributed by atoms with E-state index in [1.54, 1.807) is 59.1 Å². The first kappa shape index (κ1) is 41.6. The fourth-order valence-corrected chi connectivity index (χ4v) is 16.2. The molecule has 4 aliphatic carbocycles. The molecule has 0 radical (unpaired) electrons. The van der Waals surface area contributed by atoms with E-state index in [1.165, 1.54) is 52.5 Å². The fraction of sp³-hybridized carbons (Fsp3) is 0.103. The molecule has 0 saturated carbocycles. The summed E-state index contributed by atoms with van der Waals surface area (Å²) in [5.41, 5.74) is 13.2. The third kappa shape index (κ3) is 5.74. The van der Waals surface area contributed by atoms with E-state index in [2.05, 4.69) is 76.2 Å². The van der Waals surface area contributed by atoms with E-state index in [1.807, 2.05) is 83.4 Å². The zero-order valence-electron chi connectivity index (χ0n) is 36.8. The molecule has 0 aliphatic heterocycles. The largest absolute Gasteiger partial charge is 0.289 e. The summed E-state index contributed by atoms with van der Waals surface area (Å²) < 4.78 is 2.71. The van der Waals surface area contributed by atoms with Crippen LogP contribution in [0.15, 0.2) is 131 Å². The van der Waals surface area contributed by atoms with E-state index in [0.29, 0.717) is 44.5 Å². The van der Waals surface area contributed by atoms with Crippen molar-refractivity contribution in [1.29, 1.82) is 21.0 Å². The first-order valence-electron chi connectivity index (χ1n) is 21.8. The van der Waals surface area contributed by atoms with Crippen molar-refractivity contribution in [2.75, 3.05) is 0 Å². The van der Waals surface area contributed by atoms with Crippen LogP contribution in [-0.2, 0) is 10.8 Å². The van der Waals surface area contributed by atoms with Gasteiger partial charge in [0.25, 0.3) is 0 Å². The van der Waals surface area contributed by atoms with E-state index < -0.39 is 0 Å². The van der Waals surface area contributed by atoms with Gasteiger partial charge in [-0.3, -0.25) is 9.59 Å². The number of thiophene rings is 4. The molecule has 12 rings (SSSR count). The molecule has 4 aliphatic rings. The van der Waals surface area contributed by atoms with Crippen LogP contribution >= 0.6 is 45.3 Å². The van der Waals surface area contributed by atoms with Crippen LogP contribution in [-0.4, -0.2) is 11.6 Å². The highest BCUT2D eigenvalue weighted by molar-refractivity contribution is 7.32. The number of hydrogen-bond donors (Lipinski definition) is 0. The van der Waals surface area contributed by atoms with Crippen molar-refractivity contribution in [2.45, 2.75) is 38.5 Å². The lowest BCUT2D eigenvalue weighted by molar-refractivity contribution is 0.103. The number of Topliss-reactive ketones (excluding diaryl/α,β-unsaturated/α-hetero) is 2. The molecule has 0 amide bonds. The van der Waals surface area contributed by atoms with E-state index >= 15 is 0 Å². The minimum atomic E-state index is -0.247. The first-order chi connectivity index (χ1) is 32.9. The number of rotatable bonds is 4. The summed E-state index contributed by atoms with van der Waals surface area (Å²) in [6.45, 7) is 9.35. The van der Waals surface area contributed by atoms with E-state index in [0.717, 1.165) is 30.6 Å². The molecule has 0 fully saturated rings. The molecule has 0 N–H and O–H groups in total. The molecule has 0 spiro atoms. The lowest BCUT2D eigenvalue weighted by Crippen LogP contribution is -2.15. The number of allylic oxidation sites excluding steroid dienone is 6. The second-order valence-electron chi connectivity index (χ2n) is 18.3. The van der Waals surface area contributed by atoms with Crippen molar-refractivity contribution in [3.8, 4) is 66.0 Å². The molecule has 320 valence electrons. The Balaban J connectivity index is 0.857. The van der Waals surface area contributed by atoms with Gasteiger partial charge in [0.15, 0.2) is 11.6 Å². The number of benzene rings is 4. The second-order valence-corrected chi connectivity index (χ2v) is 22.5. The van der Waals surface area contributed by atoms with Gasteiger partial charge in [0.2, 0.25) is 0 Å². The molecule has 0 bridgehead atoms. The number of nitrogens with zero attached hydrogens (tertiary/aromatic N) is 4. The average Bonchev–Trinajstić information content (AvgIpc) is 4.24. The minimum Gasteiger partial charge on any atom is -0.289 e. The Morgan fingerprint density at radius 1 is 0.471 bits per heavy atom.